The number of imidazole rings is 1. The summed E-state index contributed by atoms with van der Waals surface area (Å²) in [5.74, 6) is -0.0367. The van der Waals surface area contributed by atoms with E-state index >= 15 is 0 Å². The SMILES string of the molecule is OC[C@@H](O)[C@@H](O[C@@H]1O[C@H](CO)[C@H](O)[C@H](O)[C@H]1O)[C@H](O)[C@@H](O)c1nc2cc3ccccc3cc2[nH]1. The first-order chi connectivity index (χ1) is 16.2. The standard InChI is InChI=1S/C22H28N2O10/c25-7-13(27)20(34-22-19(32)16(29)15(28)14(8-26)33-22)17(30)18(31)21-23-11-5-9-3-1-2-4-10(9)6-12(11)24-21/h1-6,13-20,22,25-32H,7-8H2,(H,23,24)/t13-,14-,15+,16+,17-,18-,19-,20-,22+/m1/s1. The molecule has 9 atom stereocenters. The van der Waals surface area contributed by atoms with E-state index in [4.69, 9.17) is 9.47 Å². The molecule has 0 unspecified atom stereocenters. The van der Waals surface area contributed by atoms with Crippen molar-refractivity contribution < 1.29 is 50.3 Å². The van der Waals surface area contributed by atoms with Crippen molar-refractivity contribution in [2.45, 2.75) is 55.1 Å². The molecule has 0 saturated carbocycles. The molecule has 0 amide bonds. The van der Waals surface area contributed by atoms with Crippen LogP contribution in [0.5, 0.6) is 0 Å². The lowest BCUT2D eigenvalue weighted by Crippen LogP contribution is -2.61. The lowest BCUT2D eigenvalue weighted by atomic mass is 9.98. The summed E-state index contributed by atoms with van der Waals surface area (Å²) in [7, 11) is 0. The van der Waals surface area contributed by atoms with Crippen LogP contribution in [-0.2, 0) is 9.47 Å². The molecule has 0 spiro atoms. The number of hydrogen-bond acceptors (Lipinski definition) is 11. The Balaban J connectivity index is 1.58. The van der Waals surface area contributed by atoms with E-state index in [9.17, 15) is 40.9 Å². The van der Waals surface area contributed by atoms with Crippen molar-refractivity contribution in [3.05, 3.63) is 42.2 Å². The van der Waals surface area contributed by atoms with Crippen molar-refractivity contribution in [1.82, 2.24) is 9.97 Å². The van der Waals surface area contributed by atoms with Gasteiger partial charge in [-0.1, -0.05) is 24.3 Å². The average Bonchev–Trinajstić information content (AvgIpc) is 3.27. The topological polar surface area (TPSA) is 209 Å². The van der Waals surface area contributed by atoms with Gasteiger partial charge in [-0.15, -0.1) is 0 Å². The van der Waals surface area contributed by atoms with Gasteiger partial charge in [0.05, 0.1) is 24.2 Å². The van der Waals surface area contributed by atoms with Gasteiger partial charge in [0, 0.05) is 0 Å². The van der Waals surface area contributed by atoms with Crippen molar-refractivity contribution in [1.29, 1.82) is 0 Å². The van der Waals surface area contributed by atoms with Crippen LogP contribution in [0.15, 0.2) is 36.4 Å². The fourth-order valence-electron chi connectivity index (χ4n) is 4.04. The Morgan fingerprint density at radius 3 is 2.29 bits per heavy atom. The van der Waals surface area contributed by atoms with Crippen molar-refractivity contribution in [2.24, 2.45) is 0 Å². The van der Waals surface area contributed by atoms with E-state index in [1.807, 2.05) is 30.3 Å². The number of aromatic nitrogens is 2. The van der Waals surface area contributed by atoms with Gasteiger partial charge in [-0.3, -0.25) is 0 Å². The lowest BCUT2D eigenvalue weighted by Gasteiger charge is -2.42. The number of H-pyrrole nitrogens is 1. The Hall–Kier alpha value is -2.23. The summed E-state index contributed by atoms with van der Waals surface area (Å²) in [4.78, 5) is 7.22. The Kier molecular flexibility index (Phi) is 7.45. The second kappa shape index (κ2) is 10.2. The molecule has 186 valence electrons. The number of aliphatic hydroxyl groups is 8. The first kappa shape index (κ1) is 24.9. The van der Waals surface area contributed by atoms with Crippen LogP contribution >= 0.6 is 0 Å². The minimum Gasteiger partial charge on any atom is -0.394 e. The molecule has 1 aliphatic rings. The van der Waals surface area contributed by atoms with E-state index in [2.05, 4.69) is 9.97 Å². The molecule has 0 aliphatic carbocycles. The molecular weight excluding hydrogens is 452 g/mol. The van der Waals surface area contributed by atoms with E-state index in [1.54, 1.807) is 6.07 Å². The van der Waals surface area contributed by atoms with Gasteiger partial charge in [-0.05, 0) is 22.9 Å². The number of hydrogen-bond donors (Lipinski definition) is 9. The third-order valence-electron chi connectivity index (χ3n) is 6.01. The summed E-state index contributed by atoms with van der Waals surface area (Å²) in [6, 6.07) is 11.2. The largest absolute Gasteiger partial charge is 0.394 e. The van der Waals surface area contributed by atoms with E-state index in [1.165, 1.54) is 0 Å². The van der Waals surface area contributed by atoms with Crippen LogP contribution in [-0.4, -0.2) is 113 Å². The molecule has 1 fully saturated rings. The fraction of sp³-hybridized carbons (Fsp3) is 0.500. The van der Waals surface area contributed by atoms with Crippen molar-refractivity contribution in [2.75, 3.05) is 13.2 Å². The highest BCUT2D eigenvalue weighted by Gasteiger charge is 2.47. The molecule has 2 aromatic carbocycles. The normalized spacial score (nSPS) is 29.2. The van der Waals surface area contributed by atoms with Crippen LogP contribution in [0.3, 0.4) is 0 Å². The van der Waals surface area contributed by atoms with Gasteiger partial charge in [0.25, 0.3) is 0 Å². The van der Waals surface area contributed by atoms with Gasteiger partial charge in [0.2, 0.25) is 0 Å². The predicted octanol–water partition coefficient (Wildman–Crippen LogP) is -2.35. The molecule has 4 rings (SSSR count). The van der Waals surface area contributed by atoms with Crippen LogP contribution in [0.25, 0.3) is 21.8 Å². The third kappa shape index (κ3) is 4.65. The summed E-state index contributed by atoms with van der Waals surface area (Å²) < 4.78 is 10.7. The predicted molar refractivity (Wildman–Crippen MR) is 116 cm³/mol. The summed E-state index contributed by atoms with van der Waals surface area (Å²) >= 11 is 0. The number of aliphatic hydroxyl groups excluding tert-OH is 8. The number of rotatable bonds is 8. The van der Waals surface area contributed by atoms with Crippen LogP contribution in [0.2, 0.25) is 0 Å². The molecule has 12 heteroatoms. The van der Waals surface area contributed by atoms with E-state index in [0.29, 0.717) is 11.0 Å². The molecule has 0 bridgehead atoms. The maximum absolute atomic E-state index is 10.8. The van der Waals surface area contributed by atoms with Crippen LogP contribution < -0.4 is 0 Å². The maximum atomic E-state index is 10.8. The second-order valence-electron chi connectivity index (χ2n) is 8.32. The smallest absolute Gasteiger partial charge is 0.187 e. The molecular formula is C22H28N2O10. The van der Waals surface area contributed by atoms with Gasteiger partial charge in [0.15, 0.2) is 6.29 Å². The molecule has 1 saturated heterocycles. The Bertz CT molecular complexity index is 1060. The molecule has 3 aromatic rings. The zero-order valence-corrected chi connectivity index (χ0v) is 17.9. The second-order valence-corrected chi connectivity index (χ2v) is 8.32. The van der Waals surface area contributed by atoms with E-state index < -0.39 is 68.3 Å². The number of nitrogens with one attached hydrogen (secondary N) is 1. The van der Waals surface area contributed by atoms with Gasteiger partial charge < -0.3 is 55.3 Å². The molecule has 12 nitrogen and oxygen atoms in total. The molecule has 2 heterocycles. The Morgan fingerprint density at radius 2 is 1.65 bits per heavy atom. The van der Waals surface area contributed by atoms with E-state index in [0.717, 1.165) is 10.8 Å². The van der Waals surface area contributed by atoms with E-state index in [-0.39, 0.29) is 5.82 Å². The van der Waals surface area contributed by atoms with Crippen LogP contribution in [0.1, 0.15) is 11.9 Å². The first-order valence-electron chi connectivity index (χ1n) is 10.7. The van der Waals surface area contributed by atoms with Gasteiger partial charge in [-0.2, -0.15) is 0 Å². The highest BCUT2D eigenvalue weighted by molar-refractivity contribution is 5.95. The van der Waals surface area contributed by atoms with Crippen molar-refractivity contribution >= 4 is 21.8 Å². The molecule has 1 aliphatic heterocycles. The number of benzene rings is 2. The minimum atomic E-state index is -1.87. The molecule has 1 aromatic heterocycles. The summed E-state index contributed by atoms with van der Waals surface area (Å²) in [6.07, 6.45) is -15.2. The first-order valence-corrected chi connectivity index (χ1v) is 10.7. The monoisotopic (exact) mass is 480 g/mol. The highest BCUT2D eigenvalue weighted by atomic mass is 16.7. The van der Waals surface area contributed by atoms with Crippen LogP contribution in [0, 0.1) is 0 Å². The maximum Gasteiger partial charge on any atom is 0.187 e. The summed E-state index contributed by atoms with van der Waals surface area (Å²) in [6.45, 7) is -1.59. The Morgan fingerprint density at radius 1 is 0.971 bits per heavy atom. The fourth-order valence-corrected chi connectivity index (χ4v) is 4.04. The molecule has 0 radical (unpaired) electrons. The van der Waals surface area contributed by atoms with Crippen LogP contribution in [0.4, 0.5) is 0 Å². The highest BCUT2D eigenvalue weighted by Crippen LogP contribution is 2.29. The average molecular weight is 480 g/mol. The third-order valence-corrected chi connectivity index (χ3v) is 6.01. The van der Waals surface area contributed by atoms with Gasteiger partial charge in [0.1, 0.15) is 54.7 Å². The molecule has 34 heavy (non-hydrogen) atoms. The minimum absolute atomic E-state index is 0.0367. The van der Waals surface area contributed by atoms with Crippen molar-refractivity contribution in [3.8, 4) is 0 Å². The Labute approximate surface area is 193 Å². The van der Waals surface area contributed by atoms with Gasteiger partial charge >= 0.3 is 0 Å². The summed E-state index contributed by atoms with van der Waals surface area (Å²) in [5, 5.41) is 82.5. The molecule has 9 N–H and O–H groups in total. The van der Waals surface area contributed by atoms with Gasteiger partial charge in [-0.25, -0.2) is 4.98 Å². The quantitative estimate of drug-likeness (QED) is 0.167. The number of ether oxygens (including phenoxy) is 2. The zero-order valence-electron chi connectivity index (χ0n) is 17.9. The number of fused-ring (bicyclic) bond motifs is 2. The number of aromatic amines is 1. The van der Waals surface area contributed by atoms with Crippen molar-refractivity contribution in [3.63, 3.8) is 0 Å². The summed E-state index contributed by atoms with van der Waals surface area (Å²) in [5.41, 5.74) is 1.11. The zero-order chi connectivity index (χ0) is 24.6. The number of nitrogens with zero attached hydrogens (tertiary/aromatic N) is 1. The lowest BCUT2D eigenvalue weighted by molar-refractivity contribution is -0.327.